The molecule has 5 rings (SSSR count). The van der Waals surface area contributed by atoms with E-state index in [0.717, 1.165) is 48.9 Å². The lowest BCUT2D eigenvalue weighted by Crippen LogP contribution is -2.39. The number of halogens is 3. The molecule has 2 atom stereocenters. The van der Waals surface area contributed by atoms with E-state index in [-0.39, 0.29) is 31.1 Å². The molecular weight excluding hydrogens is 437 g/mol. The first-order chi connectivity index (χ1) is 15.9. The van der Waals surface area contributed by atoms with Crippen LogP contribution in [0.5, 0.6) is 5.88 Å². The number of rotatable bonds is 6. The predicted octanol–water partition coefficient (Wildman–Crippen LogP) is 4.10. The van der Waals surface area contributed by atoms with Crippen LogP contribution in [0.25, 0.3) is 11.7 Å². The minimum Gasteiger partial charge on any atom is -0.469 e. The third-order valence-corrected chi connectivity index (χ3v) is 6.00. The fraction of sp³-hybridized carbons (Fsp3) is 0.455. The maximum absolute atomic E-state index is 13.4. The first kappa shape index (κ1) is 21.6. The summed E-state index contributed by atoms with van der Waals surface area (Å²) in [6.07, 6.45) is 2.92. The molecule has 8 nitrogen and oxygen atoms in total. The molecule has 11 heteroatoms. The molecule has 1 saturated carbocycles. The van der Waals surface area contributed by atoms with Crippen molar-refractivity contribution in [3.63, 3.8) is 0 Å². The molecular formula is C22H23F3N6O2. The molecule has 33 heavy (non-hydrogen) atoms. The Kier molecular flexibility index (Phi) is 5.65. The van der Waals surface area contributed by atoms with E-state index in [1.807, 2.05) is 22.7 Å². The van der Waals surface area contributed by atoms with E-state index in [1.165, 1.54) is 0 Å². The largest absolute Gasteiger partial charge is 0.469 e. The van der Waals surface area contributed by atoms with Gasteiger partial charge < -0.3 is 14.8 Å². The quantitative estimate of drug-likeness (QED) is 0.593. The number of hydrogen-bond acceptors (Lipinski definition) is 7. The zero-order valence-electron chi connectivity index (χ0n) is 17.8. The van der Waals surface area contributed by atoms with Gasteiger partial charge in [-0.1, -0.05) is 19.1 Å². The second-order valence-electron chi connectivity index (χ2n) is 8.35. The molecule has 0 aromatic carbocycles. The van der Waals surface area contributed by atoms with Crippen LogP contribution in [0.1, 0.15) is 48.6 Å². The van der Waals surface area contributed by atoms with E-state index in [9.17, 15) is 13.2 Å². The Balaban J connectivity index is 1.34. The lowest BCUT2D eigenvalue weighted by molar-refractivity contribution is -0.142. The minimum absolute atomic E-state index is 0.0182. The van der Waals surface area contributed by atoms with Gasteiger partial charge in [0.15, 0.2) is 5.65 Å². The summed E-state index contributed by atoms with van der Waals surface area (Å²) in [6.45, 7) is 4.30. The van der Waals surface area contributed by atoms with Crippen LogP contribution in [0.3, 0.4) is 0 Å². The third kappa shape index (κ3) is 4.50. The van der Waals surface area contributed by atoms with Crippen molar-refractivity contribution in [3.05, 3.63) is 48.1 Å². The summed E-state index contributed by atoms with van der Waals surface area (Å²) in [7, 11) is 0. The summed E-state index contributed by atoms with van der Waals surface area (Å²) in [5, 5.41) is 11.9. The standard InChI is InChI=1S/C22H23F3N6O2/c1-2-13-6-7-18-29-30-19(31(18)10-13)14-4-3-5-15(8-14)27-21-26-9-17(22(23,24)25)20(28-21)33-16-11-32-12-16/h2,6-7,9-10,14-16H,1,3-5,8,11-12H2,(H,26,27,28)/t14-,15+/m0/s1. The third-order valence-electron chi connectivity index (χ3n) is 6.00. The molecule has 4 heterocycles. The van der Waals surface area contributed by atoms with Gasteiger partial charge in [0.25, 0.3) is 0 Å². The van der Waals surface area contributed by atoms with Crippen LogP contribution >= 0.6 is 0 Å². The van der Waals surface area contributed by atoms with Crippen LogP contribution in [-0.4, -0.2) is 49.9 Å². The van der Waals surface area contributed by atoms with Crippen LogP contribution < -0.4 is 10.1 Å². The van der Waals surface area contributed by atoms with Crippen molar-refractivity contribution in [1.29, 1.82) is 0 Å². The number of alkyl halides is 3. The molecule has 2 aliphatic rings. The normalized spacial score (nSPS) is 21.5. The van der Waals surface area contributed by atoms with Crippen molar-refractivity contribution >= 4 is 17.7 Å². The van der Waals surface area contributed by atoms with Crippen LogP contribution in [0, 0.1) is 0 Å². The van der Waals surface area contributed by atoms with Gasteiger partial charge in [-0.3, -0.25) is 4.40 Å². The summed E-state index contributed by atoms with van der Waals surface area (Å²) < 4.78 is 52.5. The highest BCUT2D eigenvalue weighted by Crippen LogP contribution is 2.37. The van der Waals surface area contributed by atoms with Gasteiger partial charge in [-0.15, -0.1) is 10.2 Å². The number of ether oxygens (including phenoxy) is 2. The molecule has 0 unspecified atom stereocenters. The zero-order valence-corrected chi connectivity index (χ0v) is 17.8. The molecule has 0 radical (unpaired) electrons. The van der Waals surface area contributed by atoms with Gasteiger partial charge in [0.05, 0.1) is 13.2 Å². The van der Waals surface area contributed by atoms with E-state index in [0.29, 0.717) is 0 Å². The molecule has 0 bridgehead atoms. The highest BCUT2D eigenvalue weighted by molar-refractivity contribution is 5.51. The fourth-order valence-corrected chi connectivity index (χ4v) is 4.22. The Labute approximate surface area is 187 Å². The molecule has 0 amide bonds. The fourth-order valence-electron chi connectivity index (χ4n) is 4.22. The summed E-state index contributed by atoms with van der Waals surface area (Å²) in [5.41, 5.74) is 0.740. The maximum Gasteiger partial charge on any atom is 0.423 e. The number of nitrogens with one attached hydrogen (secondary N) is 1. The zero-order chi connectivity index (χ0) is 23.0. The van der Waals surface area contributed by atoms with Crippen molar-refractivity contribution in [2.75, 3.05) is 18.5 Å². The topological polar surface area (TPSA) is 86.5 Å². The van der Waals surface area contributed by atoms with Gasteiger partial charge in [-0.25, -0.2) is 4.98 Å². The summed E-state index contributed by atoms with van der Waals surface area (Å²) >= 11 is 0. The Morgan fingerprint density at radius 1 is 1.21 bits per heavy atom. The molecule has 1 aliphatic heterocycles. The van der Waals surface area contributed by atoms with Crippen molar-refractivity contribution < 1.29 is 22.6 Å². The molecule has 1 N–H and O–H groups in total. The SMILES string of the molecule is C=Cc1ccc2nnc([C@H]3CCC[C@@H](Nc4ncc(C(F)(F)F)c(OC5COC5)n4)C3)n2c1. The first-order valence-corrected chi connectivity index (χ1v) is 10.8. The molecule has 174 valence electrons. The van der Waals surface area contributed by atoms with E-state index >= 15 is 0 Å². The highest BCUT2D eigenvalue weighted by Gasteiger charge is 2.38. The van der Waals surface area contributed by atoms with Crippen LogP contribution in [0.15, 0.2) is 31.1 Å². The first-order valence-electron chi connectivity index (χ1n) is 10.8. The number of pyridine rings is 1. The Hall–Kier alpha value is -3.21. The lowest BCUT2D eigenvalue weighted by Gasteiger charge is -2.30. The van der Waals surface area contributed by atoms with Crippen molar-refractivity contribution in [3.8, 4) is 5.88 Å². The van der Waals surface area contributed by atoms with E-state index < -0.39 is 23.7 Å². The van der Waals surface area contributed by atoms with Crippen LogP contribution in [0.4, 0.5) is 19.1 Å². The average molecular weight is 460 g/mol. The van der Waals surface area contributed by atoms with Gasteiger partial charge in [-0.2, -0.15) is 18.2 Å². The second kappa shape index (κ2) is 8.62. The smallest absolute Gasteiger partial charge is 0.423 e. The predicted molar refractivity (Wildman–Crippen MR) is 114 cm³/mol. The molecule has 3 aromatic rings. The molecule has 3 aromatic heterocycles. The average Bonchev–Trinajstić information content (AvgIpc) is 3.19. The summed E-state index contributed by atoms with van der Waals surface area (Å²) in [5.74, 6) is 0.649. The van der Waals surface area contributed by atoms with Gasteiger partial charge >= 0.3 is 6.18 Å². The van der Waals surface area contributed by atoms with Crippen molar-refractivity contribution in [1.82, 2.24) is 24.6 Å². The Bertz CT molecular complexity index is 1160. The van der Waals surface area contributed by atoms with Crippen molar-refractivity contribution in [2.45, 2.75) is 49.9 Å². The maximum atomic E-state index is 13.4. The monoisotopic (exact) mass is 460 g/mol. The highest BCUT2D eigenvalue weighted by atomic mass is 19.4. The van der Waals surface area contributed by atoms with Gasteiger partial charge in [-0.05, 0) is 37.0 Å². The van der Waals surface area contributed by atoms with Gasteiger partial charge in [0, 0.05) is 24.4 Å². The van der Waals surface area contributed by atoms with Crippen LogP contribution in [-0.2, 0) is 10.9 Å². The van der Waals surface area contributed by atoms with Crippen molar-refractivity contribution in [2.24, 2.45) is 0 Å². The number of aromatic nitrogens is 5. The van der Waals surface area contributed by atoms with Crippen LogP contribution in [0.2, 0.25) is 0 Å². The number of nitrogens with zero attached hydrogens (tertiary/aromatic N) is 5. The number of fused-ring (bicyclic) bond motifs is 1. The van der Waals surface area contributed by atoms with Gasteiger partial charge in [0.2, 0.25) is 11.8 Å². The molecule has 1 aliphatic carbocycles. The molecule has 1 saturated heterocycles. The summed E-state index contributed by atoms with van der Waals surface area (Å²) in [4.78, 5) is 7.96. The van der Waals surface area contributed by atoms with Gasteiger partial charge in [0.1, 0.15) is 17.5 Å². The Morgan fingerprint density at radius 2 is 2.06 bits per heavy atom. The minimum atomic E-state index is -4.60. The summed E-state index contributed by atoms with van der Waals surface area (Å²) in [6, 6.07) is 3.82. The van der Waals surface area contributed by atoms with E-state index in [4.69, 9.17) is 9.47 Å². The van der Waals surface area contributed by atoms with E-state index in [2.05, 4.69) is 32.1 Å². The lowest BCUT2D eigenvalue weighted by atomic mass is 9.85. The molecule has 2 fully saturated rings. The number of hydrogen-bond donors (Lipinski definition) is 1. The molecule has 0 spiro atoms. The number of anilines is 1. The second-order valence-corrected chi connectivity index (χ2v) is 8.35. The Morgan fingerprint density at radius 3 is 2.79 bits per heavy atom. The van der Waals surface area contributed by atoms with E-state index in [1.54, 1.807) is 6.08 Å².